The first-order valence-corrected chi connectivity index (χ1v) is 33.7. The number of nitriles is 1. The second-order valence-electron chi connectivity index (χ2n) is 29.1. The molecule has 0 amide bonds. The molecule has 0 aromatic heterocycles. The van der Waals surface area contributed by atoms with Crippen molar-refractivity contribution in [3.8, 4) is 95.1 Å². The van der Waals surface area contributed by atoms with Crippen molar-refractivity contribution in [2.24, 2.45) is 0 Å². The first kappa shape index (κ1) is 61.7. The minimum Gasteiger partial charge on any atom is -0.310 e. The van der Waals surface area contributed by atoms with Crippen molar-refractivity contribution in [2.75, 3.05) is 9.80 Å². The molecule has 2 heterocycles. The van der Waals surface area contributed by atoms with Crippen LogP contribution in [-0.4, -0.2) is 6.71 Å². The van der Waals surface area contributed by atoms with Crippen LogP contribution < -0.4 is 26.2 Å². The second kappa shape index (κ2) is 24.4. The minimum atomic E-state index is -0.341. The van der Waals surface area contributed by atoms with Crippen LogP contribution in [0.15, 0.2) is 291 Å². The molecule has 15 rings (SSSR count). The number of anilines is 6. The maximum absolute atomic E-state index is 10.1. The van der Waals surface area contributed by atoms with Gasteiger partial charge in [0.05, 0.1) is 29.6 Å². The number of nitrogens with zero attached hydrogens (tertiary/aromatic N) is 4. The van der Waals surface area contributed by atoms with E-state index in [-0.39, 0.29) is 23.0 Å². The predicted molar refractivity (Wildman–Crippen MR) is 411 cm³/mol. The summed E-state index contributed by atoms with van der Waals surface area (Å²) in [4.78, 5) is 9.14. The third-order valence-corrected chi connectivity index (χ3v) is 19.7. The smallest absolute Gasteiger partial charge is 0.252 e. The Hall–Kier alpha value is -11.5. The van der Waals surface area contributed by atoms with Crippen LogP contribution in [0.25, 0.3) is 93.9 Å². The molecule has 0 N–H and O–H groups in total. The average Bonchev–Trinajstić information content (AvgIpc) is 0.692. The van der Waals surface area contributed by atoms with Gasteiger partial charge in [-0.2, -0.15) is 5.26 Å². The third-order valence-electron chi connectivity index (χ3n) is 19.7. The van der Waals surface area contributed by atoms with Crippen molar-refractivity contribution >= 4 is 62.9 Å². The van der Waals surface area contributed by atoms with Crippen molar-refractivity contribution in [3.05, 3.63) is 325 Å². The molecule has 0 bridgehead atoms. The lowest BCUT2D eigenvalue weighted by atomic mass is 9.33. The molecule has 0 atom stereocenters. The summed E-state index contributed by atoms with van der Waals surface area (Å²) in [5.74, 6) is 0. The van der Waals surface area contributed by atoms with Gasteiger partial charge in [0.15, 0.2) is 5.69 Å². The molecule has 5 heteroatoms. The lowest BCUT2D eigenvalue weighted by molar-refractivity contribution is 0.590. The first-order chi connectivity index (χ1) is 46.9. The molecular weight excluding hydrogens is 1170 g/mol. The van der Waals surface area contributed by atoms with Crippen molar-refractivity contribution in [3.63, 3.8) is 0 Å². The van der Waals surface area contributed by atoms with Crippen LogP contribution in [0.5, 0.6) is 0 Å². The Labute approximate surface area is 573 Å². The highest BCUT2D eigenvalue weighted by Crippen LogP contribution is 2.56. The van der Waals surface area contributed by atoms with Crippen LogP contribution in [-0.2, 0) is 16.2 Å². The first-order valence-electron chi connectivity index (χ1n) is 33.7. The Morgan fingerprint density at radius 1 is 0.309 bits per heavy atom. The summed E-state index contributed by atoms with van der Waals surface area (Å²) in [6.45, 7) is 28.6. The maximum Gasteiger partial charge on any atom is 0.252 e. The zero-order valence-electron chi connectivity index (χ0n) is 56.6. The van der Waals surface area contributed by atoms with Crippen molar-refractivity contribution in [1.29, 1.82) is 5.26 Å². The summed E-state index contributed by atoms with van der Waals surface area (Å²) in [5.41, 5.74) is 32.0. The summed E-state index contributed by atoms with van der Waals surface area (Å²) in [6.07, 6.45) is 0. The quantitative estimate of drug-likeness (QED) is 0.101. The van der Waals surface area contributed by atoms with Gasteiger partial charge in [-0.25, -0.2) is 4.85 Å². The lowest BCUT2D eigenvalue weighted by Gasteiger charge is -2.46. The fraction of sp³-hybridized carbons (Fsp3) is 0.130. The fourth-order valence-electron chi connectivity index (χ4n) is 14.5. The zero-order valence-corrected chi connectivity index (χ0v) is 56.6. The molecule has 466 valence electrons. The van der Waals surface area contributed by atoms with Crippen LogP contribution in [0.3, 0.4) is 0 Å². The second-order valence-corrected chi connectivity index (χ2v) is 29.1. The summed E-state index contributed by atoms with van der Waals surface area (Å²) >= 11 is 0. The molecule has 0 saturated carbocycles. The largest absolute Gasteiger partial charge is 0.310 e. The van der Waals surface area contributed by atoms with E-state index in [2.05, 4.69) is 350 Å². The van der Waals surface area contributed by atoms with E-state index >= 15 is 0 Å². The van der Waals surface area contributed by atoms with E-state index in [0.29, 0.717) is 11.3 Å². The van der Waals surface area contributed by atoms with Crippen LogP contribution in [0.4, 0.5) is 39.8 Å². The highest BCUT2D eigenvalue weighted by molar-refractivity contribution is 7.00. The molecule has 4 nitrogen and oxygen atoms in total. The van der Waals surface area contributed by atoms with E-state index in [0.717, 1.165) is 123 Å². The Morgan fingerprint density at radius 2 is 0.649 bits per heavy atom. The van der Waals surface area contributed by atoms with Gasteiger partial charge in [-0.15, -0.1) is 0 Å². The van der Waals surface area contributed by atoms with Gasteiger partial charge >= 0.3 is 0 Å². The van der Waals surface area contributed by atoms with Gasteiger partial charge in [0, 0.05) is 45.0 Å². The monoisotopic (exact) mass is 1250 g/mol. The number of hydrogen-bond donors (Lipinski definition) is 0. The molecular formula is C92H75BN4. The Balaban J connectivity index is 1.14. The maximum atomic E-state index is 10.1. The summed E-state index contributed by atoms with van der Waals surface area (Å²) in [5, 5.41) is 10.1. The van der Waals surface area contributed by atoms with Crippen LogP contribution in [0.1, 0.15) is 84.6 Å². The molecule has 0 radical (unpaired) electrons. The van der Waals surface area contributed by atoms with Gasteiger partial charge < -0.3 is 9.80 Å². The van der Waals surface area contributed by atoms with Crippen LogP contribution in [0.2, 0.25) is 0 Å². The van der Waals surface area contributed by atoms with E-state index in [1.165, 1.54) is 33.1 Å². The van der Waals surface area contributed by atoms with E-state index in [9.17, 15) is 5.26 Å². The summed E-state index contributed by atoms with van der Waals surface area (Å²) < 4.78 is 0. The third kappa shape index (κ3) is 11.4. The standard InChI is InChI=1S/C92H75BN4/c1-90(2,3)73-35-23-33-69(49-73)79-53-71(63-39-37-60(59-94)38-40-63)51-77(65-29-19-13-20-30-65)88(79)96-83-47-43-67(61-25-15-11-16-26-61)55-81(83)93-82-56-68(62-27-17-12-18-28-62)44-48-84(82)97(86-58-75(92(7,8)9)57-85(96)87(86)93)89-78(66-31-21-14-22-32-66)52-72(64-41-45-76(95-10)46-42-64)54-80(89)70-34-24-36-74(50-70)91(4,5)6/h11-58H,1-9H3. The molecule has 13 aromatic rings. The molecule has 97 heavy (non-hydrogen) atoms. The SMILES string of the molecule is [C-]#[N+]c1ccc(-c2cc(-c3ccccc3)c(N3c4ccc(-c5ccccc5)cc4B4c5cc(-c6ccccc6)ccc5N(c5c(-c6ccccc6)cc(-c6ccc(C#N)cc6)cc5-c5cccc(C(C)(C)C)c5)c5cc(C(C)(C)C)cc3c54)c(-c3cccc(C(C)(C)C)c3)c2)cc1. The topological polar surface area (TPSA) is 34.6 Å². The fourth-order valence-corrected chi connectivity index (χ4v) is 14.5. The highest BCUT2D eigenvalue weighted by Gasteiger charge is 2.46. The molecule has 2 aliphatic rings. The lowest BCUT2D eigenvalue weighted by Crippen LogP contribution is -2.61. The van der Waals surface area contributed by atoms with E-state index in [4.69, 9.17) is 6.57 Å². The summed E-state index contributed by atoms with van der Waals surface area (Å²) in [7, 11) is 0. The minimum absolute atomic E-state index is 0.147. The van der Waals surface area contributed by atoms with E-state index in [1.807, 2.05) is 24.3 Å². The van der Waals surface area contributed by atoms with Gasteiger partial charge in [-0.3, -0.25) is 0 Å². The average molecular weight is 1250 g/mol. The van der Waals surface area contributed by atoms with Gasteiger partial charge in [0.1, 0.15) is 0 Å². The number of hydrogen-bond acceptors (Lipinski definition) is 3. The van der Waals surface area contributed by atoms with Gasteiger partial charge in [0.25, 0.3) is 6.71 Å². The van der Waals surface area contributed by atoms with E-state index in [1.54, 1.807) is 0 Å². The number of rotatable bonds is 10. The highest BCUT2D eigenvalue weighted by atomic mass is 15.2. The molecule has 0 aliphatic carbocycles. The van der Waals surface area contributed by atoms with Gasteiger partial charge in [-0.05, 0) is 177 Å². The molecule has 0 saturated heterocycles. The zero-order chi connectivity index (χ0) is 66.9. The molecule has 2 aliphatic heterocycles. The van der Waals surface area contributed by atoms with Gasteiger partial charge in [-0.1, -0.05) is 293 Å². The van der Waals surface area contributed by atoms with Crippen LogP contribution >= 0.6 is 0 Å². The number of benzene rings is 13. The Morgan fingerprint density at radius 3 is 1.02 bits per heavy atom. The predicted octanol–water partition coefficient (Wildman–Crippen LogP) is 23.4. The molecule has 13 aromatic carbocycles. The Bertz CT molecular complexity index is 4950. The summed E-state index contributed by atoms with van der Waals surface area (Å²) in [6, 6.07) is 110. The number of fused-ring (bicyclic) bond motifs is 4. The van der Waals surface area contributed by atoms with Gasteiger partial charge in [0.2, 0.25) is 0 Å². The van der Waals surface area contributed by atoms with Crippen molar-refractivity contribution < 1.29 is 0 Å². The molecule has 0 spiro atoms. The van der Waals surface area contributed by atoms with Crippen molar-refractivity contribution in [1.82, 2.24) is 0 Å². The molecule has 0 unspecified atom stereocenters. The van der Waals surface area contributed by atoms with E-state index < -0.39 is 0 Å². The molecule has 0 fully saturated rings. The van der Waals surface area contributed by atoms with Crippen molar-refractivity contribution in [2.45, 2.75) is 78.6 Å². The normalized spacial score (nSPS) is 12.5. The van der Waals surface area contributed by atoms with Crippen LogP contribution in [0, 0.1) is 17.9 Å². The Kier molecular flexibility index (Phi) is 15.5.